The third-order valence-electron chi connectivity index (χ3n) is 2.38. The predicted octanol–water partition coefficient (Wildman–Crippen LogP) is 1.27. The van der Waals surface area contributed by atoms with Crippen molar-refractivity contribution in [1.82, 2.24) is 0 Å². The zero-order chi connectivity index (χ0) is 9.54. The predicted molar refractivity (Wildman–Crippen MR) is 46.5 cm³/mol. The minimum atomic E-state index is -0.184. The quantitative estimate of drug-likeness (QED) is 0.458. The second-order valence-electron chi connectivity index (χ2n) is 3.29. The average Bonchev–Trinajstić information content (AvgIpc) is 2.61. The Morgan fingerprint density at radius 3 is 2.64 bits per heavy atom. The van der Waals surface area contributed by atoms with Gasteiger partial charge in [0.1, 0.15) is 5.75 Å². The van der Waals surface area contributed by atoms with Crippen LogP contribution < -0.4 is 14.2 Å². The lowest BCUT2D eigenvalue weighted by Gasteiger charge is -2.15. The fourth-order valence-corrected chi connectivity index (χ4v) is 1.67. The van der Waals surface area contributed by atoms with Gasteiger partial charge in [0.25, 0.3) is 0 Å². The molecule has 0 saturated carbocycles. The molecule has 2 aliphatic rings. The van der Waals surface area contributed by atoms with Crippen LogP contribution in [0.5, 0.6) is 17.2 Å². The van der Waals surface area contributed by atoms with E-state index in [1.165, 1.54) is 0 Å². The Kier molecular flexibility index (Phi) is 1.45. The summed E-state index contributed by atoms with van der Waals surface area (Å²) in [7, 11) is 0. The highest BCUT2D eigenvalue weighted by Crippen LogP contribution is 2.39. The van der Waals surface area contributed by atoms with Crippen LogP contribution in [0.2, 0.25) is 0 Å². The van der Waals surface area contributed by atoms with Crippen molar-refractivity contribution in [2.75, 3.05) is 6.79 Å². The lowest BCUT2D eigenvalue weighted by atomic mass is 10.1. The van der Waals surface area contributed by atoms with Gasteiger partial charge < -0.3 is 14.2 Å². The average molecular weight is 192 g/mol. The first kappa shape index (κ1) is 7.67. The van der Waals surface area contributed by atoms with E-state index in [1.54, 1.807) is 6.07 Å². The van der Waals surface area contributed by atoms with Crippen LogP contribution in [-0.4, -0.2) is 12.8 Å². The normalized spacial score (nSPS) is 17.6. The van der Waals surface area contributed by atoms with Gasteiger partial charge in [-0.3, -0.25) is 4.79 Å². The van der Waals surface area contributed by atoms with Crippen molar-refractivity contribution in [2.45, 2.75) is 12.8 Å². The SMILES string of the molecule is O=C1CCc2cc3c(cc2O1)OCO3. The molecule has 4 heteroatoms. The van der Waals surface area contributed by atoms with E-state index < -0.39 is 0 Å². The highest BCUT2D eigenvalue weighted by Gasteiger charge is 2.23. The van der Waals surface area contributed by atoms with E-state index >= 15 is 0 Å². The van der Waals surface area contributed by atoms with Gasteiger partial charge >= 0.3 is 5.97 Å². The zero-order valence-electron chi connectivity index (χ0n) is 7.41. The first-order chi connectivity index (χ1) is 6.83. The van der Waals surface area contributed by atoms with Gasteiger partial charge in [-0.2, -0.15) is 0 Å². The highest BCUT2D eigenvalue weighted by molar-refractivity contribution is 5.76. The van der Waals surface area contributed by atoms with Crippen LogP contribution >= 0.6 is 0 Å². The van der Waals surface area contributed by atoms with E-state index in [9.17, 15) is 4.79 Å². The van der Waals surface area contributed by atoms with Crippen LogP contribution in [0, 0.1) is 0 Å². The lowest BCUT2D eigenvalue weighted by Crippen LogP contribution is -2.15. The summed E-state index contributed by atoms with van der Waals surface area (Å²) in [4.78, 5) is 11.0. The summed E-state index contributed by atoms with van der Waals surface area (Å²) in [6, 6.07) is 3.60. The molecule has 14 heavy (non-hydrogen) atoms. The maximum atomic E-state index is 11.0. The Morgan fingerprint density at radius 2 is 1.79 bits per heavy atom. The Hall–Kier alpha value is -1.71. The molecule has 3 rings (SSSR count). The molecule has 0 spiro atoms. The summed E-state index contributed by atoms with van der Waals surface area (Å²) in [5.74, 6) is 1.81. The van der Waals surface area contributed by atoms with Crippen LogP contribution in [0.4, 0.5) is 0 Å². The molecular formula is C10H8O4. The number of hydrogen-bond donors (Lipinski definition) is 0. The molecule has 0 unspecified atom stereocenters. The van der Waals surface area contributed by atoms with Crippen LogP contribution in [0.3, 0.4) is 0 Å². The summed E-state index contributed by atoms with van der Waals surface area (Å²) in [5, 5.41) is 0. The van der Waals surface area contributed by atoms with Gasteiger partial charge in [0.15, 0.2) is 11.5 Å². The van der Waals surface area contributed by atoms with E-state index in [4.69, 9.17) is 14.2 Å². The molecule has 1 aromatic rings. The van der Waals surface area contributed by atoms with Crippen molar-refractivity contribution in [1.29, 1.82) is 0 Å². The molecular weight excluding hydrogens is 184 g/mol. The smallest absolute Gasteiger partial charge is 0.311 e. The van der Waals surface area contributed by atoms with Crippen LogP contribution in [0.1, 0.15) is 12.0 Å². The summed E-state index contributed by atoms with van der Waals surface area (Å²) in [6.07, 6.45) is 1.15. The first-order valence-electron chi connectivity index (χ1n) is 4.46. The fourth-order valence-electron chi connectivity index (χ4n) is 1.67. The second-order valence-corrected chi connectivity index (χ2v) is 3.29. The largest absolute Gasteiger partial charge is 0.454 e. The van der Waals surface area contributed by atoms with Gasteiger partial charge in [0.2, 0.25) is 6.79 Å². The number of aryl methyl sites for hydroxylation is 1. The molecule has 0 aromatic heterocycles. The van der Waals surface area contributed by atoms with Crippen molar-refractivity contribution in [2.24, 2.45) is 0 Å². The Bertz CT molecular complexity index is 411. The minimum absolute atomic E-state index is 0.184. The molecule has 0 aliphatic carbocycles. The van der Waals surface area contributed by atoms with Crippen molar-refractivity contribution >= 4 is 5.97 Å². The molecule has 2 heterocycles. The number of hydrogen-bond acceptors (Lipinski definition) is 4. The number of carbonyl (C=O) groups excluding carboxylic acids is 1. The summed E-state index contributed by atoms with van der Waals surface area (Å²) in [5.41, 5.74) is 1.01. The molecule has 1 aromatic carbocycles. The number of ether oxygens (including phenoxy) is 3. The molecule has 72 valence electrons. The monoisotopic (exact) mass is 192 g/mol. The Morgan fingerprint density at radius 1 is 1.00 bits per heavy atom. The van der Waals surface area contributed by atoms with E-state index in [0.29, 0.717) is 24.3 Å². The minimum Gasteiger partial charge on any atom is -0.454 e. The number of carbonyl (C=O) groups is 1. The van der Waals surface area contributed by atoms with E-state index in [-0.39, 0.29) is 12.8 Å². The topological polar surface area (TPSA) is 44.8 Å². The molecule has 0 amide bonds. The van der Waals surface area contributed by atoms with E-state index in [1.807, 2.05) is 6.07 Å². The molecule has 0 atom stereocenters. The molecule has 0 N–H and O–H groups in total. The number of esters is 1. The molecule has 0 radical (unpaired) electrons. The molecule has 0 bridgehead atoms. The second kappa shape index (κ2) is 2.64. The molecule has 0 fully saturated rings. The third kappa shape index (κ3) is 1.04. The van der Waals surface area contributed by atoms with Crippen LogP contribution in [-0.2, 0) is 11.2 Å². The van der Waals surface area contributed by atoms with Gasteiger partial charge in [-0.05, 0) is 18.1 Å². The molecule has 4 nitrogen and oxygen atoms in total. The maximum absolute atomic E-state index is 11.0. The maximum Gasteiger partial charge on any atom is 0.311 e. The van der Waals surface area contributed by atoms with Gasteiger partial charge in [-0.25, -0.2) is 0 Å². The summed E-state index contributed by atoms with van der Waals surface area (Å²) in [6.45, 7) is 0.242. The zero-order valence-corrected chi connectivity index (χ0v) is 7.41. The van der Waals surface area contributed by atoms with Crippen LogP contribution in [0.25, 0.3) is 0 Å². The number of fused-ring (bicyclic) bond motifs is 2. The van der Waals surface area contributed by atoms with Crippen molar-refractivity contribution in [3.05, 3.63) is 17.7 Å². The molecule has 2 aliphatic heterocycles. The van der Waals surface area contributed by atoms with Crippen molar-refractivity contribution < 1.29 is 19.0 Å². The standard InChI is InChI=1S/C10H8O4/c11-10-2-1-6-3-8-9(13-5-12-8)4-7(6)14-10/h3-4H,1-2,5H2. The Labute approximate surface area is 80.4 Å². The van der Waals surface area contributed by atoms with Gasteiger partial charge in [-0.1, -0.05) is 0 Å². The first-order valence-corrected chi connectivity index (χ1v) is 4.46. The third-order valence-corrected chi connectivity index (χ3v) is 2.38. The highest BCUT2D eigenvalue weighted by atomic mass is 16.7. The Balaban J connectivity index is 2.10. The fraction of sp³-hybridized carbons (Fsp3) is 0.300. The lowest BCUT2D eigenvalue weighted by molar-refractivity contribution is -0.135. The van der Waals surface area contributed by atoms with Crippen molar-refractivity contribution in [3.8, 4) is 17.2 Å². The van der Waals surface area contributed by atoms with Crippen molar-refractivity contribution in [3.63, 3.8) is 0 Å². The summed E-state index contributed by atoms with van der Waals surface area (Å²) < 4.78 is 15.5. The van der Waals surface area contributed by atoms with Gasteiger partial charge in [0.05, 0.1) is 6.42 Å². The van der Waals surface area contributed by atoms with E-state index in [2.05, 4.69) is 0 Å². The van der Waals surface area contributed by atoms with Gasteiger partial charge in [0, 0.05) is 6.07 Å². The summed E-state index contributed by atoms with van der Waals surface area (Å²) >= 11 is 0. The van der Waals surface area contributed by atoms with E-state index in [0.717, 1.165) is 11.3 Å². The van der Waals surface area contributed by atoms with Crippen LogP contribution in [0.15, 0.2) is 12.1 Å². The molecule has 0 saturated heterocycles. The number of benzene rings is 1. The number of rotatable bonds is 0. The van der Waals surface area contributed by atoms with Gasteiger partial charge in [-0.15, -0.1) is 0 Å².